The summed E-state index contributed by atoms with van der Waals surface area (Å²) in [6.45, 7) is 2.73. The van der Waals surface area contributed by atoms with E-state index in [4.69, 9.17) is 9.47 Å². The second kappa shape index (κ2) is 9.91. The Bertz CT molecular complexity index is 1170. The zero-order valence-electron chi connectivity index (χ0n) is 19.8. The van der Waals surface area contributed by atoms with Crippen LogP contribution in [0.5, 0.6) is 11.5 Å². The number of methoxy groups -OCH3 is 1. The predicted molar refractivity (Wildman–Crippen MR) is 132 cm³/mol. The number of hydrogen-bond donors (Lipinski definition) is 1. The summed E-state index contributed by atoms with van der Waals surface area (Å²) in [6, 6.07) is 9.61. The van der Waals surface area contributed by atoms with Gasteiger partial charge in [0.15, 0.2) is 11.6 Å². The maximum atomic E-state index is 13.7. The Morgan fingerprint density at radius 2 is 2.00 bits per heavy atom. The fourth-order valence-corrected chi connectivity index (χ4v) is 5.22. The monoisotopic (exact) mass is 480 g/mol. The number of nitrogens with zero attached hydrogens (tertiary/aromatic N) is 2. The van der Waals surface area contributed by atoms with Crippen molar-refractivity contribution in [2.45, 2.75) is 30.9 Å². The summed E-state index contributed by atoms with van der Waals surface area (Å²) in [5.41, 5.74) is 1.53. The van der Waals surface area contributed by atoms with E-state index in [9.17, 15) is 13.9 Å². The Labute approximate surface area is 204 Å². The number of rotatable bonds is 5. The number of fused-ring (bicyclic) bond motifs is 2. The van der Waals surface area contributed by atoms with Gasteiger partial charge in [-0.1, -0.05) is 18.2 Å². The van der Waals surface area contributed by atoms with E-state index in [2.05, 4.69) is 22.0 Å². The number of likely N-dealkylation sites (tertiary alicyclic amines) is 1. The highest BCUT2D eigenvalue weighted by atomic mass is 19.2. The number of halogens is 2. The number of ether oxygens (including phenoxy) is 2. The van der Waals surface area contributed by atoms with Gasteiger partial charge in [0.2, 0.25) is 0 Å². The van der Waals surface area contributed by atoms with Gasteiger partial charge in [0.05, 0.1) is 18.8 Å². The first-order chi connectivity index (χ1) is 17.0. The van der Waals surface area contributed by atoms with Crippen molar-refractivity contribution in [2.75, 3.05) is 33.4 Å². The van der Waals surface area contributed by atoms with Crippen molar-refractivity contribution in [1.29, 1.82) is 0 Å². The molecule has 3 heterocycles. The average molecular weight is 481 g/mol. The molecule has 0 aromatic heterocycles. The molecule has 1 saturated heterocycles. The Balaban J connectivity index is 1.29. The predicted octanol–water partition coefficient (Wildman–Crippen LogP) is 4.75. The van der Waals surface area contributed by atoms with Crippen molar-refractivity contribution in [3.05, 3.63) is 77.4 Å². The minimum absolute atomic E-state index is 0.0331. The first-order valence-electron chi connectivity index (χ1n) is 12.1. The highest BCUT2D eigenvalue weighted by molar-refractivity contribution is 5.80. The van der Waals surface area contributed by atoms with Crippen LogP contribution in [0.15, 0.2) is 59.6 Å². The number of hydrogen-bond acceptors (Lipinski definition) is 5. The summed E-state index contributed by atoms with van der Waals surface area (Å²) in [5, 5.41) is 11.0. The molecule has 0 bridgehead atoms. The molecular weight excluding hydrogens is 450 g/mol. The van der Waals surface area contributed by atoms with E-state index in [1.165, 1.54) is 11.6 Å². The number of benzene rings is 2. The first kappa shape index (κ1) is 23.7. The van der Waals surface area contributed by atoms with Crippen LogP contribution >= 0.6 is 0 Å². The van der Waals surface area contributed by atoms with Gasteiger partial charge in [-0.15, -0.1) is 0 Å². The van der Waals surface area contributed by atoms with Crippen LogP contribution in [0.2, 0.25) is 0 Å². The van der Waals surface area contributed by atoms with E-state index in [1.54, 1.807) is 7.11 Å². The quantitative estimate of drug-likeness (QED) is 0.671. The lowest BCUT2D eigenvalue weighted by molar-refractivity contribution is -0.0257. The minimum Gasteiger partial charge on any atom is -0.497 e. The molecule has 35 heavy (non-hydrogen) atoms. The maximum Gasteiger partial charge on any atom is 0.159 e. The van der Waals surface area contributed by atoms with E-state index < -0.39 is 17.2 Å². The fraction of sp³-hybridized carbons (Fsp3) is 0.393. The van der Waals surface area contributed by atoms with Gasteiger partial charge in [-0.3, -0.25) is 4.99 Å². The third-order valence-corrected chi connectivity index (χ3v) is 7.31. The summed E-state index contributed by atoms with van der Waals surface area (Å²) in [6.07, 6.45) is 10.1. The first-order valence-corrected chi connectivity index (χ1v) is 12.1. The Hall–Kier alpha value is -3.03. The summed E-state index contributed by atoms with van der Waals surface area (Å²) >= 11 is 0. The lowest BCUT2D eigenvalue weighted by Crippen LogP contribution is -2.42. The van der Waals surface area contributed by atoms with E-state index in [1.807, 2.05) is 30.5 Å². The van der Waals surface area contributed by atoms with Crippen LogP contribution in [-0.4, -0.2) is 55.6 Å². The van der Waals surface area contributed by atoms with E-state index >= 15 is 0 Å². The van der Waals surface area contributed by atoms with Crippen LogP contribution in [-0.2, 0) is 5.60 Å². The molecule has 1 N–H and O–H groups in total. The molecular formula is C28H30F2N2O3. The number of allylic oxidation sites excluding steroid dienone is 1. The smallest absolute Gasteiger partial charge is 0.159 e. The molecule has 5 nitrogen and oxygen atoms in total. The van der Waals surface area contributed by atoms with Gasteiger partial charge in [-0.05, 0) is 66.8 Å². The molecule has 184 valence electrons. The van der Waals surface area contributed by atoms with Crippen LogP contribution in [0.25, 0.3) is 5.57 Å². The normalized spacial score (nSPS) is 24.4. The number of aliphatic imine (C=N–C) groups is 1. The summed E-state index contributed by atoms with van der Waals surface area (Å²) in [4.78, 5) is 6.95. The van der Waals surface area contributed by atoms with Crippen LogP contribution in [0, 0.1) is 17.6 Å². The molecule has 0 spiro atoms. The number of piperidine rings is 1. The van der Waals surface area contributed by atoms with Gasteiger partial charge in [0, 0.05) is 37.3 Å². The third-order valence-electron chi connectivity index (χ3n) is 7.31. The second-order valence-electron chi connectivity index (χ2n) is 9.40. The molecule has 2 aromatic carbocycles. The molecule has 5 rings (SSSR count). The maximum absolute atomic E-state index is 13.7. The van der Waals surface area contributed by atoms with E-state index in [-0.39, 0.29) is 12.0 Å². The molecule has 3 aliphatic heterocycles. The van der Waals surface area contributed by atoms with Gasteiger partial charge in [0.1, 0.15) is 18.1 Å². The van der Waals surface area contributed by atoms with Crippen molar-refractivity contribution in [3.63, 3.8) is 0 Å². The molecule has 0 radical (unpaired) electrons. The molecule has 0 aliphatic carbocycles. The van der Waals surface area contributed by atoms with Gasteiger partial charge < -0.3 is 19.5 Å². The average Bonchev–Trinajstić information content (AvgIpc) is 3.03. The topological polar surface area (TPSA) is 54.3 Å². The summed E-state index contributed by atoms with van der Waals surface area (Å²) in [7, 11) is 1.66. The van der Waals surface area contributed by atoms with Crippen LogP contribution in [0.4, 0.5) is 8.78 Å². The molecule has 3 aliphatic rings. The zero-order chi connectivity index (χ0) is 24.4. The Morgan fingerprint density at radius 3 is 2.77 bits per heavy atom. The number of aliphatic hydroxyl groups is 1. The van der Waals surface area contributed by atoms with Crippen molar-refractivity contribution < 1.29 is 23.4 Å². The molecule has 2 atom stereocenters. The molecule has 2 unspecified atom stereocenters. The standard InChI is InChI=1S/C28H30F2N2O3/c1-34-20-7-9-27-23(17-20)21(22-4-2-12-31-26(22)18-35-27)5-3-13-32-14-10-28(33,11-15-32)19-6-8-24(29)25(30)16-19/h2,4-9,12,16-17,22,26,33H,3,10-11,13-15,18H2,1H3/b21-5+. The third kappa shape index (κ3) is 4.88. The fourth-order valence-electron chi connectivity index (χ4n) is 5.22. The lowest BCUT2D eigenvalue weighted by Gasteiger charge is -2.38. The molecule has 0 amide bonds. The molecule has 7 heteroatoms. The van der Waals surface area contributed by atoms with Gasteiger partial charge in [-0.25, -0.2) is 8.78 Å². The van der Waals surface area contributed by atoms with Gasteiger partial charge in [-0.2, -0.15) is 0 Å². The zero-order valence-corrected chi connectivity index (χ0v) is 19.8. The summed E-state index contributed by atoms with van der Waals surface area (Å²) < 4.78 is 38.6. The molecule has 2 aromatic rings. The van der Waals surface area contributed by atoms with Crippen molar-refractivity contribution in [2.24, 2.45) is 10.9 Å². The molecule has 0 saturated carbocycles. The van der Waals surface area contributed by atoms with Crippen LogP contribution in [0.1, 0.15) is 30.4 Å². The minimum atomic E-state index is -1.13. The van der Waals surface area contributed by atoms with Crippen LogP contribution in [0.3, 0.4) is 0 Å². The highest BCUT2D eigenvalue weighted by Gasteiger charge is 2.35. The lowest BCUT2D eigenvalue weighted by atomic mass is 9.84. The summed E-state index contributed by atoms with van der Waals surface area (Å²) in [5.74, 6) is -0.0642. The van der Waals surface area contributed by atoms with Crippen LogP contribution < -0.4 is 9.47 Å². The number of dihydropyridines is 1. The van der Waals surface area contributed by atoms with E-state index in [0.29, 0.717) is 38.1 Å². The van der Waals surface area contributed by atoms with Crippen molar-refractivity contribution in [1.82, 2.24) is 4.90 Å². The van der Waals surface area contributed by atoms with Crippen molar-refractivity contribution in [3.8, 4) is 11.5 Å². The van der Waals surface area contributed by atoms with Gasteiger partial charge in [0.25, 0.3) is 0 Å². The van der Waals surface area contributed by atoms with Gasteiger partial charge >= 0.3 is 0 Å². The Morgan fingerprint density at radius 1 is 1.17 bits per heavy atom. The highest BCUT2D eigenvalue weighted by Crippen LogP contribution is 2.41. The molecule has 1 fully saturated rings. The Kier molecular flexibility index (Phi) is 6.71. The largest absolute Gasteiger partial charge is 0.497 e. The SMILES string of the molecule is COc1ccc2c(c1)/C(=C/CCN1CCC(O)(c3ccc(F)c(F)c3)CC1)C1C=CC=NC1CO2. The second-order valence-corrected chi connectivity index (χ2v) is 9.40. The van der Waals surface area contributed by atoms with E-state index in [0.717, 1.165) is 42.2 Å². The van der Waals surface area contributed by atoms with Crippen molar-refractivity contribution >= 4 is 11.8 Å².